The van der Waals surface area contributed by atoms with E-state index in [-0.39, 0.29) is 12.0 Å². The molecule has 1 aliphatic rings. The largest absolute Gasteiger partial charge is 0.467 e. The van der Waals surface area contributed by atoms with Crippen LogP contribution in [-0.2, 0) is 25.5 Å². The summed E-state index contributed by atoms with van der Waals surface area (Å²) in [6.07, 6.45) is -4.75. The molecule has 1 fully saturated rings. The van der Waals surface area contributed by atoms with Gasteiger partial charge in [-0.3, -0.25) is 9.59 Å². The zero-order valence-electron chi connectivity index (χ0n) is 17.5. The van der Waals surface area contributed by atoms with Crippen molar-refractivity contribution < 1.29 is 32.3 Å². The summed E-state index contributed by atoms with van der Waals surface area (Å²) in [4.78, 5) is 37.5. The van der Waals surface area contributed by atoms with Gasteiger partial charge in [0.2, 0.25) is 11.8 Å². The summed E-state index contributed by atoms with van der Waals surface area (Å²) in [6, 6.07) is 15.1. The molecule has 2 aromatic carbocycles. The lowest BCUT2D eigenvalue weighted by molar-refractivity contribution is -0.160. The fourth-order valence-electron chi connectivity index (χ4n) is 4.20. The Kier molecular flexibility index (Phi) is 6.57. The van der Waals surface area contributed by atoms with Crippen molar-refractivity contribution in [1.82, 2.24) is 10.6 Å². The third-order valence-electron chi connectivity index (χ3n) is 5.55. The normalized spacial score (nSPS) is 23.0. The highest BCUT2D eigenvalue weighted by molar-refractivity contribution is 5.98. The number of nitrogens with one attached hydrogen (secondary N) is 2. The second kappa shape index (κ2) is 9.02. The Labute approximate surface area is 183 Å². The molecule has 0 spiro atoms. The van der Waals surface area contributed by atoms with E-state index in [0.29, 0.717) is 5.56 Å². The number of amides is 2. The fraction of sp³-hybridized carbons (Fsp3) is 0.348. The number of carbonyl (C=O) groups excluding carboxylic acids is 3. The molecule has 0 aromatic heterocycles. The third-order valence-corrected chi connectivity index (χ3v) is 5.55. The van der Waals surface area contributed by atoms with Crippen molar-refractivity contribution in [1.29, 1.82) is 0 Å². The van der Waals surface area contributed by atoms with Crippen LogP contribution in [0.15, 0.2) is 60.7 Å². The highest BCUT2D eigenvalue weighted by Gasteiger charge is 2.79. The molecule has 1 aliphatic carbocycles. The van der Waals surface area contributed by atoms with Gasteiger partial charge < -0.3 is 15.4 Å². The first-order valence-electron chi connectivity index (χ1n) is 9.94. The van der Waals surface area contributed by atoms with Crippen molar-refractivity contribution in [3.63, 3.8) is 0 Å². The maximum absolute atomic E-state index is 14.0. The predicted octanol–water partition coefficient (Wildman–Crippen LogP) is 2.74. The van der Waals surface area contributed by atoms with E-state index in [4.69, 9.17) is 4.74 Å². The van der Waals surface area contributed by atoms with Crippen LogP contribution in [0.3, 0.4) is 0 Å². The standard InChI is InChI=1S/C23H23F3N2O4/c1-14(29)28-22(18(19(22)23(24,25)26)16-11-7-4-8-12-16)21(31)27-17(20(30)32-2)13-15-9-5-3-6-10-15/h3-12,17-19H,13H2,1-2H3,(H,27,31)(H,28,29)/t17-,18+,19+,22+/m0/s1. The first-order chi connectivity index (χ1) is 15.1. The first kappa shape index (κ1) is 23.3. The minimum absolute atomic E-state index is 0.0160. The number of esters is 1. The third kappa shape index (κ3) is 4.61. The monoisotopic (exact) mass is 448 g/mol. The van der Waals surface area contributed by atoms with Crippen molar-refractivity contribution >= 4 is 17.8 Å². The summed E-state index contributed by atoms with van der Waals surface area (Å²) >= 11 is 0. The van der Waals surface area contributed by atoms with Crippen molar-refractivity contribution in [2.75, 3.05) is 7.11 Å². The highest BCUT2D eigenvalue weighted by atomic mass is 19.4. The zero-order chi connectivity index (χ0) is 23.5. The molecule has 170 valence electrons. The average Bonchev–Trinajstić information content (AvgIpc) is 3.43. The highest BCUT2D eigenvalue weighted by Crippen LogP contribution is 2.64. The lowest BCUT2D eigenvalue weighted by atomic mass is 10.0. The van der Waals surface area contributed by atoms with Crippen LogP contribution in [0, 0.1) is 5.92 Å². The van der Waals surface area contributed by atoms with Gasteiger partial charge in [0.1, 0.15) is 11.6 Å². The van der Waals surface area contributed by atoms with Crippen LogP contribution < -0.4 is 10.6 Å². The Morgan fingerprint density at radius 1 is 1.03 bits per heavy atom. The van der Waals surface area contributed by atoms with E-state index in [2.05, 4.69) is 10.6 Å². The van der Waals surface area contributed by atoms with Crippen molar-refractivity contribution in [2.24, 2.45) is 5.92 Å². The lowest BCUT2D eigenvalue weighted by Crippen LogP contribution is -2.56. The molecule has 0 unspecified atom stereocenters. The number of alkyl halides is 3. The van der Waals surface area contributed by atoms with Crippen LogP contribution in [0.4, 0.5) is 13.2 Å². The Bertz CT molecular complexity index is 982. The number of ether oxygens (including phenoxy) is 1. The number of rotatable bonds is 7. The SMILES string of the molecule is COC(=O)[C@H](Cc1ccccc1)NC(=O)[C@@]1(NC(C)=O)[C@H](c2ccccc2)[C@H]1C(F)(F)F. The van der Waals surface area contributed by atoms with E-state index in [1.165, 1.54) is 12.1 Å². The van der Waals surface area contributed by atoms with E-state index >= 15 is 0 Å². The second-order valence-corrected chi connectivity index (χ2v) is 7.70. The van der Waals surface area contributed by atoms with E-state index < -0.39 is 47.4 Å². The number of hydrogen-bond donors (Lipinski definition) is 2. The van der Waals surface area contributed by atoms with Crippen molar-refractivity contribution in [3.05, 3.63) is 71.8 Å². The summed E-state index contributed by atoms with van der Waals surface area (Å²) in [6.45, 7) is 1.05. The molecule has 1 saturated carbocycles. The molecule has 2 aromatic rings. The Hall–Kier alpha value is -3.36. The van der Waals surface area contributed by atoms with Crippen molar-refractivity contribution in [3.8, 4) is 0 Å². The van der Waals surface area contributed by atoms with E-state index in [9.17, 15) is 27.6 Å². The second-order valence-electron chi connectivity index (χ2n) is 7.70. The van der Waals surface area contributed by atoms with Gasteiger partial charge in [0.15, 0.2) is 0 Å². The summed E-state index contributed by atoms with van der Waals surface area (Å²) in [5.74, 6) is -6.15. The lowest BCUT2D eigenvalue weighted by Gasteiger charge is -2.24. The fourth-order valence-corrected chi connectivity index (χ4v) is 4.20. The topological polar surface area (TPSA) is 84.5 Å². The molecule has 32 heavy (non-hydrogen) atoms. The number of hydrogen-bond acceptors (Lipinski definition) is 4. The van der Waals surface area contributed by atoms with Crippen LogP contribution in [0.2, 0.25) is 0 Å². The van der Waals surface area contributed by atoms with Crippen molar-refractivity contribution in [2.45, 2.75) is 37.0 Å². The van der Waals surface area contributed by atoms with Crippen LogP contribution >= 0.6 is 0 Å². The van der Waals surface area contributed by atoms with Crippen LogP contribution in [-0.4, -0.2) is 42.7 Å². The summed E-state index contributed by atoms with van der Waals surface area (Å²) < 4.78 is 46.6. The molecule has 0 heterocycles. The number of methoxy groups -OCH3 is 1. The van der Waals surface area contributed by atoms with Crippen LogP contribution in [0.5, 0.6) is 0 Å². The molecule has 2 amide bonds. The summed E-state index contributed by atoms with van der Waals surface area (Å²) in [7, 11) is 1.12. The number of halogens is 3. The maximum Gasteiger partial charge on any atom is 0.395 e. The Morgan fingerprint density at radius 3 is 2.09 bits per heavy atom. The van der Waals surface area contributed by atoms with Gasteiger partial charge >= 0.3 is 12.1 Å². The maximum atomic E-state index is 14.0. The quantitative estimate of drug-likeness (QED) is 0.638. The van der Waals surface area contributed by atoms with Gasteiger partial charge in [-0.2, -0.15) is 13.2 Å². The Balaban J connectivity index is 1.97. The van der Waals surface area contributed by atoms with Gasteiger partial charge in [-0.05, 0) is 11.1 Å². The van der Waals surface area contributed by atoms with Gasteiger partial charge in [-0.1, -0.05) is 60.7 Å². The molecule has 4 atom stereocenters. The van der Waals surface area contributed by atoms with Crippen LogP contribution in [0.25, 0.3) is 0 Å². The predicted molar refractivity (Wildman–Crippen MR) is 109 cm³/mol. The van der Waals surface area contributed by atoms with Crippen LogP contribution in [0.1, 0.15) is 24.0 Å². The molecule has 0 saturated heterocycles. The molecule has 0 aliphatic heterocycles. The zero-order valence-corrected chi connectivity index (χ0v) is 17.5. The molecule has 2 N–H and O–H groups in total. The van der Waals surface area contributed by atoms with Gasteiger partial charge in [-0.25, -0.2) is 4.79 Å². The minimum Gasteiger partial charge on any atom is -0.467 e. The number of carbonyl (C=O) groups is 3. The van der Waals surface area contributed by atoms with Gasteiger partial charge in [0, 0.05) is 19.3 Å². The molecule has 3 rings (SSSR count). The van der Waals surface area contributed by atoms with E-state index in [1.54, 1.807) is 48.5 Å². The Morgan fingerprint density at radius 2 is 1.59 bits per heavy atom. The minimum atomic E-state index is -4.76. The molecule has 0 bridgehead atoms. The molecular formula is C23H23F3N2O4. The van der Waals surface area contributed by atoms with Gasteiger partial charge in [0.05, 0.1) is 13.0 Å². The van der Waals surface area contributed by atoms with Gasteiger partial charge in [-0.15, -0.1) is 0 Å². The van der Waals surface area contributed by atoms with E-state index in [0.717, 1.165) is 14.0 Å². The smallest absolute Gasteiger partial charge is 0.395 e. The first-order valence-corrected chi connectivity index (χ1v) is 9.94. The molecular weight excluding hydrogens is 425 g/mol. The van der Waals surface area contributed by atoms with E-state index in [1.807, 2.05) is 0 Å². The summed E-state index contributed by atoms with van der Waals surface area (Å²) in [5, 5.41) is 4.64. The molecule has 0 radical (unpaired) electrons. The number of benzene rings is 2. The molecule has 6 nitrogen and oxygen atoms in total. The van der Waals surface area contributed by atoms with Gasteiger partial charge in [0.25, 0.3) is 0 Å². The molecule has 9 heteroatoms. The average molecular weight is 448 g/mol. The summed E-state index contributed by atoms with van der Waals surface area (Å²) in [5.41, 5.74) is -1.33.